The summed E-state index contributed by atoms with van der Waals surface area (Å²) < 4.78 is 54.2. The zero-order chi connectivity index (χ0) is 18.5. The first-order chi connectivity index (χ1) is 11.6. The molecule has 1 aliphatic heterocycles. The molecular formula is C17H9Br2F4NO. The molecule has 1 amide bonds. The highest BCUT2D eigenvalue weighted by atomic mass is 79.9. The fourth-order valence-electron chi connectivity index (χ4n) is 2.64. The Morgan fingerprint density at radius 1 is 1.16 bits per heavy atom. The van der Waals surface area contributed by atoms with E-state index in [1.807, 2.05) is 0 Å². The van der Waals surface area contributed by atoms with E-state index in [2.05, 4.69) is 37.2 Å². The molecule has 0 atom stereocenters. The third-order valence-corrected chi connectivity index (χ3v) is 5.31. The van der Waals surface area contributed by atoms with Gasteiger partial charge in [-0.15, -0.1) is 0 Å². The number of anilines is 1. The number of amides is 1. The number of benzene rings is 2. The number of fused-ring (bicyclic) bond motifs is 1. The second kappa shape index (κ2) is 6.25. The van der Waals surface area contributed by atoms with Crippen LogP contribution in [0.2, 0.25) is 0 Å². The standard InChI is InChI=1S/C17H9Br2F4NO/c1-7-11(18)6-12(19)15-13(7)9(16(25)24-15)5-8-3-2-4-10(14(8)20)17(21,22)23/h2-6H,1H3,(H,24,25). The molecule has 130 valence electrons. The Kier molecular flexibility index (Phi) is 4.53. The normalized spacial score (nSPS) is 15.5. The lowest BCUT2D eigenvalue weighted by Gasteiger charge is -2.10. The van der Waals surface area contributed by atoms with Gasteiger partial charge in [0.05, 0.1) is 16.8 Å². The van der Waals surface area contributed by atoms with E-state index in [1.165, 1.54) is 6.07 Å². The zero-order valence-corrected chi connectivity index (χ0v) is 15.7. The smallest absolute Gasteiger partial charge is 0.320 e. The van der Waals surface area contributed by atoms with Crippen molar-refractivity contribution in [2.45, 2.75) is 13.1 Å². The third-order valence-electron chi connectivity index (χ3n) is 3.86. The van der Waals surface area contributed by atoms with Crippen LogP contribution in [0.25, 0.3) is 11.6 Å². The van der Waals surface area contributed by atoms with E-state index in [9.17, 15) is 22.4 Å². The van der Waals surface area contributed by atoms with Gasteiger partial charge in [0, 0.05) is 20.1 Å². The second-order valence-corrected chi connectivity index (χ2v) is 7.14. The number of nitrogens with one attached hydrogen (secondary N) is 1. The van der Waals surface area contributed by atoms with E-state index < -0.39 is 23.5 Å². The van der Waals surface area contributed by atoms with Crippen LogP contribution in [0.5, 0.6) is 0 Å². The van der Waals surface area contributed by atoms with Gasteiger partial charge in [0.25, 0.3) is 5.91 Å². The summed E-state index contributed by atoms with van der Waals surface area (Å²) in [6, 6.07) is 4.72. The number of halogens is 6. The maximum Gasteiger partial charge on any atom is 0.419 e. The van der Waals surface area contributed by atoms with E-state index in [4.69, 9.17) is 0 Å². The molecule has 8 heteroatoms. The molecule has 0 aromatic heterocycles. The van der Waals surface area contributed by atoms with Crippen LogP contribution in [-0.2, 0) is 11.0 Å². The van der Waals surface area contributed by atoms with Crippen molar-refractivity contribution in [3.8, 4) is 0 Å². The van der Waals surface area contributed by atoms with Gasteiger partial charge < -0.3 is 5.32 Å². The number of carbonyl (C=O) groups is 1. The van der Waals surface area contributed by atoms with Gasteiger partial charge in [-0.05, 0) is 46.6 Å². The molecule has 0 bridgehead atoms. The molecule has 0 saturated heterocycles. The molecule has 2 aromatic rings. The number of hydrogen-bond donors (Lipinski definition) is 1. The fourth-order valence-corrected chi connectivity index (χ4v) is 3.91. The summed E-state index contributed by atoms with van der Waals surface area (Å²) in [5, 5.41) is 2.65. The van der Waals surface area contributed by atoms with Crippen LogP contribution in [0.1, 0.15) is 22.3 Å². The molecule has 1 N–H and O–H groups in total. The SMILES string of the molecule is Cc1c(Br)cc(Br)c2c1C(=Cc1cccc(C(F)(F)F)c1F)C(=O)N2. The maximum atomic E-state index is 14.3. The molecule has 3 rings (SSSR count). The number of rotatable bonds is 1. The van der Waals surface area contributed by atoms with Crippen molar-refractivity contribution in [3.63, 3.8) is 0 Å². The lowest BCUT2D eigenvalue weighted by Crippen LogP contribution is -2.09. The van der Waals surface area contributed by atoms with Gasteiger partial charge in [-0.2, -0.15) is 13.2 Å². The first kappa shape index (κ1) is 18.1. The topological polar surface area (TPSA) is 29.1 Å². The van der Waals surface area contributed by atoms with Crippen LogP contribution in [0.15, 0.2) is 33.2 Å². The van der Waals surface area contributed by atoms with E-state index in [-0.39, 0.29) is 11.1 Å². The molecule has 1 aliphatic rings. The number of hydrogen-bond acceptors (Lipinski definition) is 1. The molecule has 1 heterocycles. The number of carbonyl (C=O) groups excluding carboxylic acids is 1. The minimum Gasteiger partial charge on any atom is -0.320 e. The maximum absolute atomic E-state index is 14.3. The Hall–Kier alpha value is -1.67. The average Bonchev–Trinajstić information content (AvgIpc) is 2.83. The average molecular weight is 479 g/mol. The first-order valence-corrected chi connectivity index (χ1v) is 8.57. The van der Waals surface area contributed by atoms with Crippen molar-refractivity contribution < 1.29 is 22.4 Å². The summed E-state index contributed by atoms with van der Waals surface area (Å²) in [5.74, 6) is -1.91. The van der Waals surface area contributed by atoms with E-state index >= 15 is 0 Å². The zero-order valence-electron chi connectivity index (χ0n) is 12.6. The summed E-state index contributed by atoms with van der Waals surface area (Å²) in [4.78, 5) is 12.3. The predicted octanol–water partition coefficient (Wildman–Crippen LogP) is 6.17. The minimum absolute atomic E-state index is 0.104. The van der Waals surface area contributed by atoms with Crippen molar-refractivity contribution in [3.05, 3.63) is 61.3 Å². The van der Waals surface area contributed by atoms with Gasteiger partial charge in [-0.1, -0.05) is 28.1 Å². The largest absolute Gasteiger partial charge is 0.419 e. The Morgan fingerprint density at radius 3 is 2.48 bits per heavy atom. The van der Waals surface area contributed by atoms with Gasteiger partial charge in [0.2, 0.25) is 0 Å². The minimum atomic E-state index is -4.81. The molecule has 2 nitrogen and oxygen atoms in total. The summed E-state index contributed by atoms with van der Waals surface area (Å²) in [7, 11) is 0. The Morgan fingerprint density at radius 2 is 1.84 bits per heavy atom. The van der Waals surface area contributed by atoms with Crippen molar-refractivity contribution in [2.24, 2.45) is 0 Å². The van der Waals surface area contributed by atoms with Crippen LogP contribution in [0.4, 0.5) is 23.2 Å². The van der Waals surface area contributed by atoms with E-state index in [0.29, 0.717) is 26.3 Å². The highest BCUT2D eigenvalue weighted by molar-refractivity contribution is 9.11. The van der Waals surface area contributed by atoms with Crippen LogP contribution >= 0.6 is 31.9 Å². The number of alkyl halides is 3. The lowest BCUT2D eigenvalue weighted by atomic mass is 9.98. The molecule has 0 fully saturated rings. The Labute approximate surface area is 157 Å². The summed E-state index contributed by atoms with van der Waals surface area (Å²) in [6.45, 7) is 1.76. The summed E-state index contributed by atoms with van der Waals surface area (Å²) >= 11 is 6.70. The van der Waals surface area contributed by atoms with E-state index in [1.54, 1.807) is 13.0 Å². The first-order valence-electron chi connectivity index (χ1n) is 6.99. The molecule has 0 saturated carbocycles. The monoisotopic (exact) mass is 477 g/mol. The molecule has 0 aliphatic carbocycles. The van der Waals surface area contributed by atoms with Crippen molar-refractivity contribution >= 4 is 55.1 Å². The molecule has 25 heavy (non-hydrogen) atoms. The van der Waals surface area contributed by atoms with Crippen molar-refractivity contribution in [2.75, 3.05) is 5.32 Å². The van der Waals surface area contributed by atoms with Crippen LogP contribution in [-0.4, -0.2) is 5.91 Å². The van der Waals surface area contributed by atoms with Crippen LogP contribution in [0.3, 0.4) is 0 Å². The molecule has 0 radical (unpaired) electrons. The quantitative estimate of drug-likeness (QED) is 0.385. The van der Waals surface area contributed by atoms with Gasteiger partial charge in [-0.3, -0.25) is 4.79 Å². The van der Waals surface area contributed by atoms with Gasteiger partial charge >= 0.3 is 6.18 Å². The Bertz CT molecular complexity index is 935. The highest BCUT2D eigenvalue weighted by Gasteiger charge is 2.35. The van der Waals surface area contributed by atoms with E-state index in [0.717, 1.165) is 17.7 Å². The molecule has 0 unspecified atom stereocenters. The third kappa shape index (κ3) is 3.13. The van der Waals surface area contributed by atoms with Gasteiger partial charge in [0.15, 0.2) is 0 Å². The molecule has 0 spiro atoms. The molecule has 2 aromatic carbocycles. The van der Waals surface area contributed by atoms with Crippen molar-refractivity contribution in [1.29, 1.82) is 0 Å². The lowest BCUT2D eigenvalue weighted by molar-refractivity contribution is -0.140. The summed E-state index contributed by atoms with van der Waals surface area (Å²) in [5.41, 5.74) is 0.172. The highest BCUT2D eigenvalue weighted by Crippen LogP contribution is 2.43. The Balaban J connectivity index is 2.22. The predicted molar refractivity (Wildman–Crippen MR) is 94.5 cm³/mol. The van der Waals surface area contributed by atoms with Crippen LogP contribution < -0.4 is 5.32 Å². The van der Waals surface area contributed by atoms with Crippen LogP contribution in [0, 0.1) is 12.7 Å². The fraction of sp³-hybridized carbons (Fsp3) is 0.118. The van der Waals surface area contributed by atoms with Gasteiger partial charge in [0.1, 0.15) is 5.82 Å². The molecular weight excluding hydrogens is 470 g/mol. The second-order valence-electron chi connectivity index (χ2n) is 5.43. The van der Waals surface area contributed by atoms with Crippen molar-refractivity contribution in [1.82, 2.24) is 0 Å². The summed E-state index contributed by atoms with van der Waals surface area (Å²) in [6.07, 6.45) is -3.67. The van der Waals surface area contributed by atoms with Gasteiger partial charge in [-0.25, -0.2) is 4.39 Å².